The quantitative estimate of drug-likeness (QED) is 0.369. The Kier molecular flexibility index (Phi) is 3.94. The number of aromatic nitrogens is 4. The van der Waals surface area contributed by atoms with E-state index in [0.29, 0.717) is 5.69 Å². The third kappa shape index (κ3) is 2.91. The van der Waals surface area contributed by atoms with E-state index in [1.165, 1.54) is 19.4 Å². The molecule has 0 saturated heterocycles. The van der Waals surface area contributed by atoms with Crippen LogP contribution < -0.4 is 10.9 Å². The Hall–Kier alpha value is -2.49. The van der Waals surface area contributed by atoms with Crippen LogP contribution in [-0.4, -0.2) is 31.9 Å². The molecule has 0 unspecified atom stereocenters. The van der Waals surface area contributed by atoms with E-state index in [2.05, 4.69) is 25.3 Å². The van der Waals surface area contributed by atoms with E-state index < -0.39 is 4.92 Å². The summed E-state index contributed by atoms with van der Waals surface area (Å²) in [6.45, 7) is 1.66. The summed E-state index contributed by atoms with van der Waals surface area (Å²) < 4.78 is 0. The fourth-order valence-electron chi connectivity index (χ4n) is 1.48. The lowest BCUT2D eigenvalue weighted by Crippen LogP contribution is -2.08. The smallest absolute Gasteiger partial charge is 0.343 e. The molecule has 0 atom stereocenters. The molecule has 2 heterocycles. The second-order valence-corrected chi connectivity index (χ2v) is 4.65. The Morgan fingerprint density at radius 3 is 2.80 bits per heavy atom. The molecule has 0 aliphatic carbocycles. The van der Waals surface area contributed by atoms with Gasteiger partial charge in [0.15, 0.2) is 10.2 Å². The molecule has 0 aliphatic rings. The number of rotatable bonds is 4. The van der Waals surface area contributed by atoms with Crippen LogP contribution >= 0.6 is 11.8 Å². The molecule has 0 radical (unpaired) electrons. The molecule has 0 aromatic carbocycles. The third-order valence-corrected chi connectivity index (χ3v) is 3.13. The van der Waals surface area contributed by atoms with Crippen LogP contribution in [0.25, 0.3) is 0 Å². The molecule has 2 aromatic rings. The van der Waals surface area contributed by atoms with Crippen LogP contribution in [0.15, 0.2) is 27.4 Å². The maximum absolute atomic E-state index is 11.4. The van der Waals surface area contributed by atoms with Crippen LogP contribution in [-0.2, 0) is 0 Å². The highest BCUT2D eigenvalue weighted by molar-refractivity contribution is 7.99. The van der Waals surface area contributed by atoms with E-state index in [-0.39, 0.29) is 27.2 Å². The molecule has 104 valence electrons. The van der Waals surface area contributed by atoms with Crippen molar-refractivity contribution in [2.45, 2.75) is 17.1 Å². The summed E-state index contributed by atoms with van der Waals surface area (Å²) in [7, 11) is 1.52. The molecule has 2 N–H and O–H groups in total. The molecule has 0 spiro atoms. The number of H-pyrrole nitrogens is 1. The molecule has 0 fully saturated rings. The second kappa shape index (κ2) is 5.65. The number of hydrogen-bond donors (Lipinski definition) is 2. The molecule has 0 aliphatic heterocycles. The first-order chi connectivity index (χ1) is 9.51. The summed E-state index contributed by atoms with van der Waals surface area (Å²) in [6, 6.07) is 1.33. The number of aryl methyl sites for hydroxylation is 1. The topological polar surface area (TPSA) is 127 Å². The molecule has 0 amide bonds. The summed E-state index contributed by atoms with van der Waals surface area (Å²) in [5.41, 5.74) is -0.0727. The van der Waals surface area contributed by atoms with Gasteiger partial charge in [-0.15, -0.1) is 0 Å². The highest BCUT2D eigenvalue weighted by Gasteiger charge is 2.23. The second-order valence-electron chi connectivity index (χ2n) is 3.68. The Morgan fingerprint density at radius 1 is 1.45 bits per heavy atom. The van der Waals surface area contributed by atoms with Gasteiger partial charge in [-0.2, -0.15) is 0 Å². The number of aromatic amines is 1. The fourth-order valence-corrected chi connectivity index (χ4v) is 2.37. The van der Waals surface area contributed by atoms with Crippen molar-refractivity contribution in [3.8, 4) is 0 Å². The first-order valence-electron chi connectivity index (χ1n) is 5.44. The molecule has 0 bridgehead atoms. The molecule has 20 heavy (non-hydrogen) atoms. The third-order valence-electron chi connectivity index (χ3n) is 2.25. The Morgan fingerprint density at radius 2 is 2.20 bits per heavy atom. The maximum Gasteiger partial charge on any atom is 0.343 e. The molecule has 0 saturated carbocycles. The average molecular weight is 294 g/mol. The lowest BCUT2D eigenvalue weighted by Gasteiger charge is -2.05. The standard InChI is InChI=1S/C10H10N6O3S/c1-5-3-6(17)15-10(14-5)20-9-7(16(18)19)8(11-2)12-4-13-9/h3-4H,1-2H3,(H,11,12,13)(H,14,15,17). The highest BCUT2D eigenvalue weighted by Crippen LogP contribution is 2.34. The fraction of sp³-hybridized carbons (Fsp3) is 0.200. The van der Waals surface area contributed by atoms with Gasteiger partial charge in [0.25, 0.3) is 5.56 Å². The lowest BCUT2D eigenvalue weighted by molar-refractivity contribution is -0.387. The van der Waals surface area contributed by atoms with Crippen LogP contribution in [0.3, 0.4) is 0 Å². The summed E-state index contributed by atoms with van der Waals surface area (Å²) in [6.07, 6.45) is 1.20. The van der Waals surface area contributed by atoms with Gasteiger partial charge in [-0.3, -0.25) is 14.9 Å². The average Bonchev–Trinajstić information content (AvgIpc) is 2.36. The van der Waals surface area contributed by atoms with Crippen molar-refractivity contribution in [3.05, 3.63) is 38.6 Å². The molecule has 2 aromatic heterocycles. The van der Waals surface area contributed by atoms with Gasteiger partial charge in [0.2, 0.25) is 5.82 Å². The van der Waals surface area contributed by atoms with Crippen molar-refractivity contribution in [1.82, 2.24) is 19.9 Å². The number of nitrogens with one attached hydrogen (secondary N) is 2. The first-order valence-corrected chi connectivity index (χ1v) is 6.26. The molecule has 10 heteroatoms. The van der Waals surface area contributed by atoms with Gasteiger partial charge in [-0.05, 0) is 18.7 Å². The van der Waals surface area contributed by atoms with Crippen molar-refractivity contribution in [2.75, 3.05) is 12.4 Å². The maximum atomic E-state index is 11.4. The molecular weight excluding hydrogens is 284 g/mol. The predicted octanol–water partition coefficient (Wildman–Crippen LogP) is 0.969. The van der Waals surface area contributed by atoms with Crippen molar-refractivity contribution >= 4 is 23.3 Å². The van der Waals surface area contributed by atoms with Gasteiger partial charge < -0.3 is 10.3 Å². The number of nitro groups is 1. The van der Waals surface area contributed by atoms with E-state index in [1.54, 1.807) is 6.92 Å². The molecular formula is C10H10N6O3S. The van der Waals surface area contributed by atoms with Crippen LogP contribution in [0.4, 0.5) is 11.5 Å². The van der Waals surface area contributed by atoms with Gasteiger partial charge in [0, 0.05) is 18.8 Å². The van der Waals surface area contributed by atoms with Crippen molar-refractivity contribution < 1.29 is 4.92 Å². The summed E-state index contributed by atoms with van der Waals surface area (Å²) >= 11 is 0.901. The van der Waals surface area contributed by atoms with Crippen LogP contribution in [0.5, 0.6) is 0 Å². The van der Waals surface area contributed by atoms with Crippen molar-refractivity contribution in [3.63, 3.8) is 0 Å². The minimum Gasteiger partial charge on any atom is -0.367 e. The van der Waals surface area contributed by atoms with E-state index in [9.17, 15) is 14.9 Å². The van der Waals surface area contributed by atoms with Crippen molar-refractivity contribution in [2.24, 2.45) is 0 Å². The first kappa shape index (κ1) is 13.9. The van der Waals surface area contributed by atoms with Crippen LogP contribution in [0, 0.1) is 17.0 Å². The monoisotopic (exact) mass is 294 g/mol. The van der Waals surface area contributed by atoms with Gasteiger partial charge in [-0.25, -0.2) is 15.0 Å². The summed E-state index contributed by atoms with van der Waals surface area (Å²) in [4.78, 5) is 36.1. The zero-order valence-electron chi connectivity index (χ0n) is 10.6. The predicted molar refractivity (Wildman–Crippen MR) is 72.0 cm³/mol. The van der Waals surface area contributed by atoms with Gasteiger partial charge in [0.05, 0.1) is 4.92 Å². The zero-order valence-corrected chi connectivity index (χ0v) is 11.4. The van der Waals surface area contributed by atoms with Gasteiger partial charge >= 0.3 is 5.69 Å². The minimum absolute atomic E-state index is 0.0995. The molecule has 2 rings (SSSR count). The van der Waals surface area contributed by atoms with Crippen molar-refractivity contribution in [1.29, 1.82) is 0 Å². The number of anilines is 1. The minimum atomic E-state index is -0.581. The van der Waals surface area contributed by atoms with E-state index in [1.807, 2.05) is 0 Å². The van der Waals surface area contributed by atoms with E-state index >= 15 is 0 Å². The SMILES string of the molecule is CNc1ncnc(Sc2nc(C)cc(=O)[nH]2)c1[N+](=O)[O-]. The Balaban J connectivity index is 2.48. The van der Waals surface area contributed by atoms with Crippen LogP contribution in [0.1, 0.15) is 5.69 Å². The lowest BCUT2D eigenvalue weighted by atomic mass is 10.5. The largest absolute Gasteiger partial charge is 0.367 e. The Labute approximate surface area is 117 Å². The van der Waals surface area contributed by atoms with Gasteiger partial charge in [0.1, 0.15) is 6.33 Å². The highest BCUT2D eigenvalue weighted by atomic mass is 32.2. The normalized spacial score (nSPS) is 10.3. The van der Waals surface area contributed by atoms with Gasteiger partial charge in [-0.1, -0.05) is 0 Å². The van der Waals surface area contributed by atoms with E-state index in [4.69, 9.17) is 0 Å². The Bertz CT molecular complexity index is 716. The molecule has 9 nitrogen and oxygen atoms in total. The summed E-state index contributed by atoms with van der Waals surface area (Å²) in [5, 5.41) is 14.1. The van der Waals surface area contributed by atoms with Crippen LogP contribution in [0.2, 0.25) is 0 Å². The number of hydrogen-bond acceptors (Lipinski definition) is 8. The summed E-state index contributed by atoms with van der Waals surface area (Å²) in [5.74, 6) is 0.0995. The van der Waals surface area contributed by atoms with E-state index in [0.717, 1.165) is 11.8 Å². The zero-order chi connectivity index (χ0) is 14.7. The number of nitrogens with zero attached hydrogens (tertiary/aromatic N) is 4.